The Bertz CT molecular complexity index is 1280. The molecule has 5 rings (SSSR count). The van der Waals surface area contributed by atoms with Crippen LogP contribution >= 0.6 is 0 Å². The van der Waals surface area contributed by atoms with E-state index >= 15 is 0 Å². The molecule has 0 bridgehead atoms. The quantitative estimate of drug-likeness (QED) is 0.481. The van der Waals surface area contributed by atoms with Crippen LogP contribution in [0.15, 0.2) is 6.07 Å². The number of benzene rings is 1. The number of hydrogen-bond acceptors (Lipinski definition) is 8. The highest BCUT2D eigenvalue weighted by Crippen LogP contribution is 2.54. The van der Waals surface area contributed by atoms with E-state index in [1.54, 1.807) is 13.8 Å². The molecule has 39 heavy (non-hydrogen) atoms. The monoisotopic (exact) mass is 538 g/mol. The predicted octanol–water partition coefficient (Wildman–Crippen LogP) is 2.01. The number of fused-ring (bicyclic) bond motifs is 3. The van der Waals surface area contributed by atoms with Crippen LogP contribution in [0.25, 0.3) is 0 Å². The van der Waals surface area contributed by atoms with Crippen LogP contribution in [-0.2, 0) is 32.0 Å². The highest BCUT2D eigenvalue weighted by atomic mass is 16.3. The summed E-state index contributed by atoms with van der Waals surface area (Å²) in [5.41, 5.74) is 4.90. The van der Waals surface area contributed by atoms with Gasteiger partial charge in [-0.3, -0.25) is 24.0 Å². The summed E-state index contributed by atoms with van der Waals surface area (Å²) >= 11 is 0. The van der Waals surface area contributed by atoms with E-state index in [2.05, 4.69) is 0 Å². The third-order valence-corrected chi connectivity index (χ3v) is 9.83. The number of ketones is 4. The molecule has 4 aliphatic rings. The molecule has 0 aromatic heterocycles. The Hall–Kier alpha value is -3.07. The van der Waals surface area contributed by atoms with Gasteiger partial charge in [-0.2, -0.15) is 0 Å². The Balaban J connectivity index is 1.63. The first-order chi connectivity index (χ1) is 18.3. The summed E-state index contributed by atoms with van der Waals surface area (Å²) in [7, 11) is 3.73. The largest absolute Gasteiger partial charge is 0.507 e. The van der Waals surface area contributed by atoms with Crippen LogP contribution < -0.4 is 10.6 Å². The second-order valence-electron chi connectivity index (χ2n) is 12.7. The molecule has 6 atom stereocenters. The molecule has 1 aromatic rings. The maximum absolute atomic E-state index is 14.1. The zero-order valence-corrected chi connectivity index (χ0v) is 23.0. The van der Waals surface area contributed by atoms with E-state index in [-0.39, 0.29) is 30.1 Å². The number of aliphatic hydroxyl groups is 1. The number of anilines is 1. The van der Waals surface area contributed by atoms with E-state index < -0.39 is 64.2 Å². The van der Waals surface area contributed by atoms with Crippen molar-refractivity contribution in [3.8, 4) is 5.75 Å². The molecule has 4 aliphatic carbocycles. The van der Waals surface area contributed by atoms with Gasteiger partial charge in [0.2, 0.25) is 5.91 Å². The van der Waals surface area contributed by atoms with Gasteiger partial charge in [0, 0.05) is 31.6 Å². The van der Waals surface area contributed by atoms with Crippen molar-refractivity contribution >= 4 is 34.7 Å². The molecule has 3 saturated carbocycles. The van der Waals surface area contributed by atoms with Crippen LogP contribution in [0.5, 0.6) is 5.75 Å². The zero-order valence-electron chi connectivity index (χ0n) is 23.0. The lowest BCUT2D eigenvalue weighted by atomic mass is 9.49. The summed E-state index contributed by atoms with van der Waals surface area (Å²) in [6, 6.07) is 1.93. The van der Waals surface area contributed by atoms with E-state index in [1.165, 1.54) is 0 Å². The van der Waals surface area contributed by atoms with Crippen molar-refractivity contribution in [1.29, 1.82) is 0 Å². The van der Waals surface area contributed by atoms with Gasteiger partial charge in [-0.25, -0.2) is 0 Å². The second-order valence-corrected chi connectivity index (χ2v) is 12.7. The first kappa shape index (κ1) is 27.5. The normalized spacial score (nSPS) is 32.7. The maximum Gasteiger partial charge on any atom is 0.235 e. The van der Waals surface area contributed by atoms with Gasteiger partial charge in [0.15, 0.2) is 34.7 Å². The Morgan fingerprint density at radius 1 is 1.13 bits per heavy atom. The number of amides is 1. The topological polar surface area (TPSA) is 155 Å². The fraction of sp³-hybridized carbons (Fsp3) is 0.633. The van der Waals surface area contributed by atoms with Gasteiger partial charge in [0.05, 0.1) is 11.5 Å². The van der Waals surface area contributed by atoms with Crippen LogP contribution in [0, 0.1) is 41.4 Å². The molecule has 0 heterocycles. The Morgan fingerprint density at radius 2 is 1.77 bits per heavy atom. The molecule has 0 saturated heterocycles. The van der Waals surface area contributed by atoms with Gasteiger partial charge in [-0.15, -0.1) is 0 Å². The van der Waals surface area contributed by atoms with Gasteiger partial charge in [-0.05, 0) is 54.2 Å². The Kier molecular flexibility index (Phi) is 6.72. The molecule has 9 nitrogen and oxygen atoms in total. The molecule has 1 aromatic carbocycles. The minimum Gasteiger partial charge on any atom is -0.507 e. The van der Waals surface area contributed by atoms with E-state index in [4.69, 9.17) is 5.73 Å². The number of phenols is 1. The van der Waals surface area contributed by atoms with E-state index in [0.29, 0.717) is 23.5 Å². The first-order valence-corrected chi connectivity index (χ1v) is 14.0. The zero-order chi connectivity index (χ0) is 28.5. The lowest BCUT2D eigenvalue weighted by molar-refractivity contribution is -0.182. The number of nitrogens with two attached hydrogens (primary N) is 1. The minimum absolute atomic E-state index is 0.0806. The standard InChI is InChI=1S/C30H38N2O7/c1-13(2)20-18-11-15-10-17-19(32(3)4)12-16(9-14-7-5-6-8-14)24(33)22(17)26(35)21(15)27(36)30(18,39)28(37)23(25(20)34)29(31)38/h12-15,18,20-21,23,33,39H,5-11H2,1-4H3,(H2,31,38)/t15-,18-,20-,21?,23?,30-/m0/s1. The molecule has 0 spiro atoms. The third-order valence-electron chi connectivity index (χ3n) is 9.83. The van der Waals surface area contributed by atoms with Gasteiger partial charge >= 0.3 is 0 Å². The molecule has 9 heteroatoms. The molecule has 210 valence electrons. The van der Waals surface area contributed by atoms with E-state index in [0.717, 1.165) is 31.4 Å². The van der Waals surface area contributed by atoms with Gasteiger partial charge in [-0.1, -0.05) is 39.5 Å². The molecule has 4 N–H and O–H groups in total. The van der Waals surface area contributed by atoms with Crippen LogP contribution in [-0.4, -0.2) is 58.9 Å². The van der Waals surface area contributed by atoms with Crippen molar-refractivity contribution in [2.75, 3.05) is 19.0 Å². The summed E-state index contributed by atoms with van der Waals surface area (Å²) in [6.07, 6.45) is 5.36. The highest BCUT2D eigenvalue weighted by Gasteiger charge is 2.69. The SMILES string of the molecule is CC(C)[C@@H]1C(=O)C(C(N)=O)C(=O)[C@@]2(O)C(=O)C3C(=O)c4c(O)c(CC5CCCC5)cc(N(C)C)c4C[C@H]3C[C@@H]12. The van der Waals surface area contributed by atoms with Crippen LogP contribution in [0.1, 0.15) is 67.4 Å². The molecule has 0 radical (unpaired) electrons. The Morgan fingerprint density at radius 3 is 2.33 bits per heavy atom. The third kappa shape index (κ3) is 3.95. The summed E-state index contributed by atoms with van der Waals surface area (Å²) < 4.78 is 0. The number of Topliss-reactive ketones (excluding diaryl/α,β-unsaturated/α-hetero) is 4. The minimum atomic E-state index is -2.67. The second kappa shape index (κ2) is 9.54. The lowest BCUT2D eigenvalue weighted by Gasteiger charge is -2.52. The maximum atomic E-state index is 14.1. The van der Waals surface area contributed by atoms with Crippen molar-refractivity contribution in [2.45, 2.75) is 64.4 Å². The number of hydrogen-bond donors (Lipinski definition) is 3. The van der Waals surface area contributed by atoms with Crippen molar-refractivity contribution in [3.63, 3.8) is 0 Å². The summed E-state index contributed by atoms with van der Waals surface area (Å²) in [5, 5.41) is 23.1. The number of aromatic hydroxyl groups is 1. The smallest absolute Gasteiger partial charge is 0.235 e. The van der Waals surface area contributed by atoms with Crippen LogP contribution in [0.2, 0.25) is 0 Å². The number of phenolic OH excluding ortho intramolecular Hbond substituents is 1. The average Bonchev–Trinajstić information content (AvgIpc) is 3.35. The number of carbonyl (C=O) groups is 5. The fourth-order valence-electron chi connectivity index (χ4n) is 8.04. The Labute approximate surface area is 228 Å². The van der Waals surface area contributed by atoms with E-state index in [9.17, 15) is 34.2 Å². The summed E-state index contributed by atoms with van der Waals surface area (Å²) in [4.78, 5) is 68.9. The van der Waals surface area contributed by atoms with Crippen LogP contribution in [0.3, 0.4) is 0 Å². The summed E-state index contributed by atoms with van der Waals surface area (Å²) in [6.45, 7) is 3.48. The van der Waals surface area contributed by atoms with Gasteiger partial charge in [0.25, 0.3) is 0 Å². The molecule has 3 fully saturated rings. The first-order valence-electron chi connectivity index (χ1n) is 14.0. The predicted molar refractivity (Wildman–Crippen MR) is 142 cm³/mol. The van der Waals surface area contributed by atoms with E-state index in [1.807, 2.05) is 25.1 Å². The highest BCUT2D eigenvalue weighted by molar-refractivity contribution is 6.32. The van der Waals surface area contributed by atoms with Crippen LogP contribution in [0.4, 0.5) is 5.69 Å². The van der Waals surface area contributed by atoms with Gasteiger partial charge < -0.3 is 20.8 Å². The van der Waals surface area contributed by atoms with Crippen molar-refractivity contribution in [3.05, 3.63) is 22.8 Å². The van der Waals surface area contributed by atoms with Gasteiger partial charge in [0.1, 0.15) is 5.75 Å². The molecule has 0 aliphatic heterocycles. The molecule has 2 unspecified atom stereocenters. The molecular weight excluding hydrogens is 500 g/mol. The van der Waals surface area contributed by atoms with Crippen molar-refractivity contribution in [2.24, 2.45) is 47.2 Å². The number of primary amides is 1. The lowest BCUT2D eigenvalue weighted by Crippen LogP contribution is -2.71. The number of carbonyl (C=O) groups excluding carboxylic acids is 5. The van der Waals surface area contributed by atoms with Crippen molar-refractivity contribution < 1.29 is 34.2 Å². The molecule has 1 amide bonds. The summed E-state index contributed by atoms with van der Waals surface area (Å²) in [5.74, 6) is -10.7. The number of nitrogens with zero attached hydrogens (tertiary/aromatic N) is 1. The average molecular weight is 539 g/mol. The molecular formula is C30H38N2O7. The fourth-order valence-corrected chi connectivity index (χ4v) is 8.04. The van der Waals surface area contributed by atoms with Crippen molar-refractivity contribution in [1.82, 2.24) is 0 Å². The number of rotatable bonds is 5.